The summed E-state index contributed by atoms with van der Waals surface area (Å²) in [6, 6.07) is 5.92. The summed E-state index contributed by atoms with van der Waals surface area (Å²) in [5.74, 6) is 0.611. The molecule has 0 amide bonds. The van der Waals surface area contributed by atoms with Crippen molar-refractivity contribution in [3.63, 3.8) is 0 Å². The summed E-state index contributed by atoms with van der Waals surface area (Å²) in [6.45, 7) is 4.84. The Balaban J connectivity index is 1.57. The number of nitrogens with one attached hydrogen (secondary N) is 1. The quantitative estimate of drug-likeness (QED) is 0.882. The Bertz CT molecular complexity index is 806. The number of hydrogen-bond donors (Lipinski definition) is 1. The molecular weight excluding hydrogens is 345 g/mol. The number of rotatable bonds is 5. The molecule has 2 aromatic rings. The molecule has 8 heteroatoms. The van der Waals surface area contributed by atoms with Gasteiger partial charge in [-0.3, -0.25) is 5.10 Å². The summed E-state index contributed by atoms with van der Waals surface area (Å²) in [6.07, 6.45) is 1.47. The van der Waals surface area contributed by atoms with E-state index < -0.39 is 10.0 Å². The Labute approximate surface area is 147 Å². The van der Waals surface area contributed by atoms with Gasteiger partial charge < -0.3 is 4.74 Å². The van der Waals surface area contributed by atoms with Crippen molar-refractivity contribution in [2.75, 3.05) is 19.7 Å². The highest BCUT2D eigenvalue weighted by Crippen LogP contribution is 2.27. The lowest BCUT2D eigenvalue weighted by molar-refractivity contribution is 0.185. The summed E-state index contributed by atoms with van der Waals surface area (Å²) >= 11 is 0. The van der Waals surface area contributed by atoms with E-state index in [4.69, 9.17) is 4.74 Å². The van der Waals surface area contributed by atoms with E-state index in [1.165, 1.54) is 16.4 Å². The van der Waals surface area contributed by atoms with Crippen LogP contribution >= 0.6 is 0 Å². The summed E-state index contributed by atoms with van der Waals surface area (Å²) in [4.78, 5) is 0.286. The fourth-order valence-corrected chi connectivity index (χ4v) is 4.91. The Morgan fingerprint density at radius 3 is 2.44 bits per heavy atom. The molecule has 0 saturated carbocycles. The van der Waals surface area contributed by atoms with Gasteiger partial charge in [0, 0.05) is 13.1 Å². The Kier molecular flexibility index (Phi) is 5.10. The zero-order valence-electron chi connectivity index (χ0n) is 14.3. The number of H-pyrrole nitrogens is 1. The number of benzene rings is 1. The van der Waals surface area contributed by atoms with Crippen molar-refractivity contribution in [1.82, 2.24) is 14.5 Å². The molecule has 2 heterocycles. The molecule has 136 valence electrons. The van der Waals surface area contributed by atoms with E-state index >= 15 is 0 Å². The summed E-state index contributed by atoms with van der Waals surface area (Å²) < 4.78 is 45.7. The van der Waals surface area contributed by atoms with E-state index in [0.717, 1.165) is 12.8 Å². The number of aromatic nitrogens is 2. The predicted molar refractivity (Wildman–Crippen MR) is 91.4 cm³/mol. The number of piperidine rings is 1. The van der Waals surface area contributed by atoms with Gasteiger partial charge in [-0.2, -0.15) is 9.40 Å². The fraction of sp³-hybridized carbons (Fsp3) is 0.471. The first-order chi connectivity index (χ1) is 11.9. The van der Waals surface area contributed by atoms with Crippen LogP contribution in [-0.2, 0) is 10.0 Å². The van der Waals surface area contributed by atoms with Gasteiger partial charge in [-0.25, -0.2) is 12.8 Å². The maximum absolute atomic E-state index is 12.9. The molecule has 1 aromatic carbocycles. The van der Waals surface area contributed by atoms with Crippen LogP contribution in [0, 0.1) is 25.6 Å². The molecule has 1 aliphatic heterocycles. The molecule has 6 nitrogen and oxygen atoms in total. The molecule has 1 saturated heterocycles. The van der Waals surface area contributed by atoms with Gasteiger partial charge in [0.05, 0.1) is 18.0 Å². The Morgan fingerprint density at radius 1 is 1.24 bits per heavy atom. The molecule has 3 rings (SSSR count). The SMILES string of the molecule is Cc1n[nH]c(C)c1S(=O)(=O)N1CCC(COc2ccc(F)cc2)CC1. The summed E-state index contributed by atoms with van der Waals surface area (Å²) in [7, 11) is -3.52. The largest absolute Gasteiger partial charge is 0.493 e. The van der Waals surface area contributed by atoms with Crippen LogP contribution in [0.4, 0.5) is 4.39 Å². The first-order valence-corrected chi connectivity index (χ1v) is 9.72. The second-order valence-electron chi connectivity index (χ2n) is 6.38. The van der Waals surface area contributed by atoms with Crippen molar-refractivity contribution in [2.24, 2.45) is 5.92 Å². The average molecular weight is 367 g/mol. The van der Waals surface area contributed by atoms with Gasteiger partial charge >= 0.3 is 0 Å². The van der Waals surface area contributed by atoms with E-state index in [0.29, 0.717) is 36.8 Å². The van der Waals surface area contributed by atoms with Crippen molar-refractivity contribution >= 4 is 10.0 Å². The Hall–Kier alpha value is -1.93. The van der Waals surface area contributed by atoms with Crippen LogP contribution in [0.25, 0.3) is 0 Å². The van der Waals surface area contributed by atoms with Gasteiger partial charge in [-0.1, -0.05) is 0 Å². The van der Waals surface area contributed by atoms with Crippen molar-refractivity contribution in [2.45, 2.75) is 31.6 Å². The highest BCUT2D eigenvalue weighted by atomic mass is 32.2. The zero-order valence-corrected chi connectivity index (χ0v) is 15.1. The molecule has 1 aliphatic rings. The number of ether oxygens (including phenoxy) is 1. The maximum atomic E-state index is 12.9. The molecule has 1 N–H and O–H groups in total. The predicted octanol–water partition coefficient (Wildman–Crippen LogP) is 2.65. The van der Waals surface area contributed by atoms with Gasteiger partial charge in [-0.05, 0) is 56.9 Å². The van der Waals surface area contributed by atoms with E-state index in [1.807, 2.05) is 0 Å². The molecule has 1 fully saturated rings. The van der Waals surface area contributed by atoms with Gasteiger partial charge in [0.15, 0.2) is 0 Å². The van der Waals surface area contributed by atoms with Gasteiger partial charge in [0.25, 0.3) is 0 Å². The first-order valence-electron chi connectivity index (χ1n) is 8.28. The molecule has 0 unspecified atom stereocenters. The lowest BCUT2D eigenvalue weighted by atomic mass is 9.99. The molecule has 0 spiro atoms. The standard InChI is InChI=1S/C17H22FN3O3S/c1-12-17(13(2)20-19-12)25(22,23)21-9-7-14(8-10-21)11-24-16-5-3-15(18)4-6-16/h3-6,14H,7-11H2,1-2H3,(H,19,20). The lowest BCUT2D eigenvalue weighted by Gasteiger charge is -2.31. The minimum absolute atomic E-state index is 0.281. The topological polar surface area (TPSA) is 75.3 Å². The molecule has 0 bridgehead atoms. The highest BCUT2D eigenvalue weighted by Gasteiger charge is 2.32. The number of sulfonamides is 1. The number of hydrogen-bond acceptors (Lipinski definition) is 4. The molecular formula is C17H22FN3O3S. The van der Waals surface area contributed by atoms with Crippen molar-refractivity contribution in [3.8, 4) is 5.75 Å². The van der Waals surface area contributed by atoms with E-state index in [1.54, 1.807) is 26.0 Å². The maximum Gasteiger partial charge on any atom is 0.246 e. The van der Waals surface area contributed by atoms with Crippen LogP contribution in [0.3, 0.4) is 0 Å². The normalized spacial score (nSPS) is 16.9. The number of nitrogens with zero attached hydrogens (tertiary/aromatic N) is 2. The van der Waals surface area contributed by atoms with E-state index in [2.05, 4.69) is 10.2 Å². The zero-order chi connectivity index (χ0) is 18.0. The third-order valence-corrected chi connectivity index (χ3v) is 6.69. The minimum Gasteiger partial charge on any atom is -0.493 e. The molecule has 1 aromatic heterocycles. The van der Waals surface area contributed by atoms with Crippen LogP contribution in [0.5, 0.6) is 5.75 Å². The second-order valence-corrected chi connectivity index (χ2v) is 8.25. The van der Waals surface area contributed by atoms with Crippen LogP contribution in [0.2, 0.25) is 0 Å². The number of aromatic amines is 1. The van der Waals surface area contributed by atoms with Gasteiger partial charge in [-0.15, -0.1) is 0 Å². The monoisotopic (exact) mass is 367 g/mol. The number of halogens is 1. The Morgan fingerprint density at radius 2 is 1.88 bits per heavy atom. The highest BCUT2D eigenvalue weighted by molar-refractivity contribution is 7.89. The minimum atomic E-state index is -3.52. The van der Waals surface area contributed by atoms with Crippen LogP contribution in [-0.4, -0.2) is 42.6 Å². The van der Waals surface area contributed by atoms with Gasteiger partial charge in [0.1, 0.15) is 16.5 Å². The van der Waals surface area contributed by atoms with Crippen molar-refractivity contribution in [1.29, 1.82) is 0 Å². The lowest BCUT2D eigenvalue weighted by Crippen LogP contribution is -2.40. The summed E-state index contributed by atoms with van der Waals surface area (Å²) in [5.41, 5.74) is 1.07. The molecule has 0 radical (unpaired) electrons. The fourth-order valence-electron chi connectivity index (χ4n) is 3.11. The van der Waals surface area contributed by atoms with Crippen molar-refractivity contribution in [3.05, 3.63) is 41.5 Å². The second kappa shape index (κ2) is 7.13. The van der Waals surface area contributed by atoms with E-state index in [9.17, 15) is 12.8 Å². The first kappa shape index (κ1) is 17.9. The van der Waals surface area contributed by atoms with Crippen molar-refractivity contribution < 1.29 is 17.5 Å². The average Bonchev–Trinajstić information content (AvgIpc) is 2.94. The van der Waals surface area contributed by atoms with Crippen LogP contribution in [0.1, 0.15) is 24.2 Å². The number of aryl methyl sites for hydroxylation is 2. The smallest absolute Gasteiger partial charge is 0.246 e. The molecule has 25 heavy (non-hydrogen) atoms. The van der Waals surface area contributed by atoms with Crippen LogP contribution in [0.15, 0.2) is 29.2 Å². The third-order valence-electron chi connectivity index (χ3n) is 4.53. The summed E-state index contributed by atoms with van der Waals surface area (Å²) in [5, 5.41) is 6.71. The van der Waals surface area contributed by atoms with E-state index in [-0.39, 0.29) is 16.6 Å². The third kappa shape index (κ3) is 3.85. The molecule has 0 atom stereocenters. The van der Waals surface area contributed by atoms with Crippen LogP contribution < -0.4 is 4.74 Å². The van der Waals surface area contributed by atoms with Gasteiger partial charge in [0.2, 0.25) is 10.0 Å². The molecule has 0 aliphatic carbocycles.